The van der Waals surface area contributed by atoms with E-state index in [0.29, 0.717) is 6.04 Å². The summed E-state index contributed by atoms with van der Waals surface area (Å²) in [6.07, 6.45) is 9.67. The second-order valence-electron chi connectivity index (χ2n) is 5.17. The number of hydrogen-bond donors (Lipinski definition) is 1. The highest BCUT2D eigenvalue weighted by Crippen LogP contribution is 2.28. The maximum absolute atomic E-state index is 5.43. The van der Waals surface area contributed by atoms with Crippen LogP contribution in [0.5, 0.6) is 0 Å². The Morgan fingerprint density at radius 2 is 2.07 bits per heavy atom. The lowest BCUT2D eigenvalue weighted by molar-refractivity contribution is 0.176. The maximum atomic E-state index is 5.43. The highest BCUT2D eigenvalue weighted by Gasteiger charge is 2.27. The molecule has 1 aliphatic carbocycles. The fraction of sp³-hybridized carbons (Fsp3) is 1.00. The van der Waals surface area contributed by atoms with Crippen LogP contribution in [-0.2, 0) is 4.74 Å². The zero-order valence-corrected chi connectivity index (χ0v) is 10.0. The molecule has 2 fully saturated rings. The van der Waals surface area contributed by atoms with Gasteiger partial charge in [0.25, 0.3) is 0 Å². The van der Waals surface area contributed by atoms with E-state index in [1.165, 1.54) is 44.9 Å². The van der Waals surface area contributed by atoms with E-state index < -0.39 is 0 Å². The fourth-order valence-electron chi connectivity index (χ4n) is 3.11. The molecule has 88 valence electrons. The number of rotatable bonds is 4. The molecule has 0 aromatic rings. The molecule has 1 aliphatic heterocycles. The molecule has 2 aliphatic rings. The van der Waals surface area contributed by atoms with Crippen LogP contribution in [0.15, 0.2) is 0 Å². The number of hydrogen-bond acceptors (Lipinski definition) is 2. The van der Waals surface area contributed by atoms with Gasteiger partial charge in [-0.2, -0.15) is 0 Å². The van der Waals surface area contributed by atoms with Crippen molar-refractivity contribution in [2.75, 3.05) is 13.2 Å². The molecule has 0 aromatic carbocycles. The van der Waals surface area contributed by atoms with Crippen molar-refractivity contribution in [2.45, 2.75) is 64.0 Å². The van der Waals surface area contributed by atoms with Crippen LogP contribution in [0.2, 0.25) is 0 Å². The van der Waals surface area contributed by atoms with Crippen LogP contribution in [-0.4, -0.2) is 25.3 Å². The lowest BCUT2D eigenvalue weighted by Crippen LogP contribution is -2.44. The average Bonchev–Trinajstić information content (AvgIpc) is 2.74. The molecule has 2 nitrogen and oxygen atoms in total. The predicted molar refractivity (Wildman–Crippen MR) is 63.0 cm³/mol. The Kier molecular flexibility index (Phi) is 4.45. The van der Waals surface area contributed by atoms with Crippen LogP contribution in [0.3, 0.4) is 0 Å². The molecule has 0 spiro atoms. The average molecular weight is 211 g/mol. The summed E-state index contributed by atoms with van der Waals surface area (Å²) in [6.45, 7) is 4.21. The Hall–Kier alpha value is -0.0800. The van der Waals surface area contributed by atoms with Crippen LogP contribution in [0.25, 0.3) is 0 Å². The van der Waals surface area contributed by atoms with Gasteiger partial charge in [0.2, 0.25) is 0 Å². The molecule has 2 heteroatoms. The van der Waals surface area contributed by atoms with E-state index in [1.54, 1.807) is 0 Å². The Labute approximate surface area is 93.8 Å². The fourth-order valence-corrected chi connectivity index (χ4v) is 3.11. The molecule has 2 rings (SSSR count). The maximum Gasteiger partial charge on any atom is 0.0620 e. The highest BCUT2D eigenvalue weighted by molar-refractivity contribution is 4.85. The molecule has 0 amide bonds. The topological polar surface area (TPSA) is 21.3 Å². The van der Waals surface area contributed by atoms with E-state index in [-0.39, 0.29) is 0 Å². The molecule has 1 heterocycles. The van der Waals surface area contributed by atoms with E-state index in [9.17, 15) is 0 Å². The Morgan fingerprint density at radius 1 is 1.20 bits per heavy atom. The number of nitrogens with one attached hydrogen (secondary N) is 1. The van der Waals surface area contributed by atoms with Gasteiger partial charge in [-0.25, -0.2) is 0 Å². The van der Waals surface area contributed by atoms with Gasteiger partial charge in [-0.15, -0.1) is 0 Å². The summed E-state index contributed by atoms with van der Waals surface area (Å²) in [5.74, 6) is 0.935. The summed E-state index contributed by atoms with van der Waals surface area (Å²) in [5, 5.41) is 3.83. The third-order valence-corrected chi connectivity index (χ3v) is 3.95. The van der Waals surface area contributed by atoms with Crippen molar-refractivity contribution in [3.63, 3.8) is 0 Å². The monoisotopic (exact) mass is 211 g/mol. The van der Waals surface area contributed by atoms with E-state index in [0.717, 1.165) is 25.2 Å². The van der Waals surface area contributed by atoms with Crippen molar-refractivity contribution in [3.8, 4) is 0 Å². The second-order valence-corrected chi connectivity index (χ2v) is 5.17. The Balaban J connectivity index is 1.80. The van der Waals surface area contributed by atoms with Gasteiger partial charge in [0, 0.05) is 18.7 Å². The van der Waals surface area contributed by atoms with E-state index >= 15 is 0 Å². The predicted octanol–water partition coefficient (Wildman–Crippen LogP) is 2.72. The van der Waals surface area contributed by atoms with Gasteiger partial charge in [0.05, 0.1) is 6.61 Å². The number of ether oxygens (including phenoxy) is 1. The first kappa shape index (κ1) is 11.4. The summed E-state index contributed by atoms with van der Waals surface area (Å²) in [5.41, 5.74) is 0. The Bertz CT molecular complexity index is 175. The molecule has 1 saturated heterocycles. The molecule has 0 radical (unpaired) electrons. The van der Waals surface area contributed by atoms with Crippen LogP contribution >= 0.6 is 0 Å². The minimum Gasteiger partial charge on any atom is -0.380 e. The molecule has 3 unspecified atom stereocenters. The van der Waals surface area contributed by atoms with Gasteiger partial charge in [-0.1, -0.05) is 26.2 Å². The summed E-state index contributed by atoms with van der Waals surface area (Å²) in [7, 11) is 0. The molecule has 0 aromatic heterocycles. The first-order valence-corrected chi connectivity index (χ1v) is 6.74. The molecule has 3 atom stereocenters. The third kappa shape index (κ3) is 3.18. The highest BCUT2D eigenvalue weighted by atomic mass is 16.5. The summed E-state index contributed by atoms with van der Waals surface area (Å²) >= 11 is 0. The van der Waals surface area contributed by atoms with Gasteiger partial charge >= 0.3 is 0 Å². The normalized spacial score (nSPS) is 37.0. The van der Waals surface area contributed by atoms with E-state index in [4.69, 9.17) is 4.74 Å². The van der Waals surface area contributed by atoms with Crippen LogP contribution in [0.4, 0.5) is 0 Å². The minimum absolute atomic E-state index is 0.646. The zero-order chi connectivity index (χ0) is 10.5. The third-order valence-electron chi connectivity index (χ3n) is 3.95. The van der Waals surface area contributed by atoms with E-state index in [1.807, 2.05) is 0 Å². The quantitative estimate of drug-likeness (QED) is 0.772. The standard InChI is InChI=1S/C13H25NO/c1-2-5-11-6-3-4-7-13(11)14-12-8-9-15-10-12/h11-14H,2-10H2,1H3. The van der Waals surface area contributed by atoms with Gasteiger partial charge in [-0.05, 0) is 31.6 Å². The largest absolute Gasteiger partial charge is 0.380 e. The minimum atomic E-state index is 0.646. The SMILES string of the molecule is CCCC1CCCCC1NC1CCOC1. The smallest absolute Gasteiger partial charge is 0.0620 e. The lowest BCUT2D eigenvalue weighted by atomic mass is 9.81. The van der Waals surface area contributed by atoms with Crippen molar-refractivity contribution < 1.29 is 4.74 Å². The summed E-state index contributed by atoms with van der Waals surface area (Å²) < 4.78 is 5.43. The summed E-state index contributed by atoms with van der Waals surface area (Å²) in [6, 6.07) is 1.43. The van der Waals surface area contributed by atoms with Gasteiger partial charge in [0.1, 0.15) is 0 Å². The van der Waals surface area contributed by atoms with Crippen molar-refractivity contribution in [1.82, 2.24) is 5.32 Å². The molecular formula is C13H25NO. The van der Waals surface area contributed by atoms with Gasteiger partial charge < -0.3 is 10.1 Å². The van der Waals surface area contributed by atoms with E-state index in [2.05, 4.69) is 12.2 Å². The van der Waals surface area contributed by atoms with Crippen LogP contribution < -0.4 is 5.32 Å². The molecule has 1 saturated carbocycles. The van der Waals surface area contributed by atoms with Crippen LogP contribution in [0, 0.1) is 5.92 Å². The van der Waals surface area contributed by atoms with Gasteiger partial charge in [0.15, 0.2) is 0 Å². The van der Waals surface area contributed by atoms with Gasteiger partial charge in [-0.3, -0.25) is 0 Å². The first-order valence-electron chi connectivity index (χ1n) is 6.74. The molecule has 0 bridgehead atoms. The summed E-state index contributed by atoms with van der Waals surface area (Å²) in [4.78, 5) is 0. The molecular weight excluding hydrogens is 186 g/mol. The second kappa shape index (κ2) is 5.86. The zero-order valence-electron chi connectivity index (χ0n) is 10.0. The molecule has 15 heavy (non-hydrogen) atoms. The van der Waals surface area contributed by atoms with Crippen molar-refractivity contribution in [2.24, 2.45) is 5.92 Å². The molecule has 1 N–H and O–H groups in total. The first-order chi connectivity index (χ1) is 7.40. The Morgan fingerprint density at radius 3 is 2.80 bits per heavy atom. The van der Waals surface area contributed by atoms with Crippen molar-refractivity contribution in [1.29, 1.82) is 0 Å². The lowest BCUT2D eigenvalue weighted by Gasteiger charge is -2.34. The van der Waals surface area contributed by atoms with Crippen molar-refractivity contribution >= 4 is 0 Å². The van der Waals surface area contributed by atoms with Crippen LogP contribution in [0.1, 0.15) is 51.9 Å². The van der Waals surface area contributed by atoms with Crippen molar-refractivity contribution in [3.05, 3.63) is 0 Å².